The van der Waals surface area contributed by atoms with Crippen molar-refractivity contribution in [3.8, 4) is 11.5 Å². The van der Waals surface area contributed by atoms with E-state index in [4.69, 9.17) is 4.42 Å². The highest BCUT2D eigenvalue weighted by Gasteiger charge is 2.15. The zero-order chi connectivity index (χ0) is 19.4. The Morgan fingerprint density at radius 2 is 2.00 bits per heavy atom. The van der Waals surface area contributed by atoms with Gasteiger partial charge in [0.15, 0.2) is 0 Å². The number of nitro groups is 1. The number of thioether (sulfide) groups is 1. The van der Waals surface area contributed by atoms with Crippen LogP contribution in [0.1, 0.15) is 0 Å². The van der Waals surface area contributed by atoms with Crippen molar-refractivity contribution in [2.45, 2.75) is 5.22 Å². The Hall–Kier alpha value is -2.79. The third kappa shape index (κ3) is 4.89. The first kappa shape index (κ1) is 19.0. The van der Waals surface area contributed by atoms with Crippen LogP contribution in [0.25, 0.3) is 11.5 Å². The molecule has 0 unspecified atom stereocenters. The molecule has 0 aliphatic rings. The third-order valence-electron chi connectivity index (χ3n) is 3.26. The number of rotatable bonds is 6. The van der Waals surface area contributed by atoms with Crippen LogP contribution in [0, 0.1) is 15.9 Å². The Morgan fingerprint density at radius 1 is 1.26 bits per heavy atom. The van der Waals surface area contributed by atoms with Crippen molar-refractivity contribution in [1.29, 1.82) is 0 Å². The molecule has 1 aromatic heterocycles. The lowest BCUT2D eigenvalue weighted by Crippen LogP contribution is -2.15. The number of carbonyl (C=O) groups excluding carboxylic acids is 1. The molecule has 0 atom stereocenters. The number of hydrogen-bond donors (Lipinski definition) is 1. The molecule has 11 heteroatoms. The summed E-state index contributed by atoms with van der Waals surface area (Å²) in [5.41, 5.74) is 0.131. The molecule has 0 bridgehead atoms. The van der Waals surface area contributed by atoms with Gasteiger partial charge in [0.05, 0.1) is 16.4 Å². The SMILES string of the molecule is O=C(CSc1nnc(-c2ccc(Br)cc2)o1)Nc1cc([N+](=O)[O-])ccc1F. The average Bonchev–Trinajstić information content (AvgIpc) is 3.11. The number of benzene rings is 2. The van der Waals surface area contributed by atoms with Gasteiger partial charge in [-0.05, 0) is 30.3 Å². The second-order valence-corrected chi connectivity index (χ2v) is 6.98. The van der Waals surface area contributed by atoms with E-state index in [-0.39, 0.29) is 22.4 Å². The van der Waals surface area contributed by atoms with Crippen molar-refractivity contribution in [3.05, 3.63) is 62.9 Å². The minimum absolute atomic E-state index is 0.135. The van der Waals surface area contributed by atoms with E-state index in [0.717, 1.165) is 40.0 Å². The molecule has 3 rings (SSSR count). The Labute approximate surface area is 164 Å². The molecule has 0 spiro atoms. The van der Waals surface area contributed by atoms with Gasteiger partial charge in [0.2, 0.25) is 11.8 Å². The van der Waals surface area contributed by atoms with Gasteiger partial charge in [0.25, 0.3) is 10.9 Å². The fraction of sp³-hybridized carbons (Fsp3) is 0.0625. The maximum atomic E-state index is 13.7. The normalized spacial score (nSPS) is 10.6. The van der Waals surface area contributed by atoms with Crippen LogP contribution in [0.2, 0.25) is 0 Å². The molecular weight excluding hydrogens is 443 g/mol. The smallest absolute Gasteiger partial charge is 0.277 e. The number of nitrogens with one attached hydrogen (secondary N) is 1. The summed E-state index contributed by atoms with van der Waals surface area (Å²) in [5.74, 6) is -1.17. The van der Waals surface area contributed by atoms with E-state index < -0.39 is 16.6 Å². The van der Waals surface area contributed by atoms with Crippen molar-refractivity contribution < 1.29 is 18.5 Å². The fourth-order valence-electron chi connectivity index (χ4n) is 2.01. The number of anilines is 1. The van der Waals surface area contributed by atoms with E-state index in [0.29, 0.717) is 5.89 Å². The highest BCUT2D eigenvalue weighted by atomic mass is 79.9. The molecule has 0 saturated carbocycles. The molecule has 2 aromatic carbocycles. The number of hydrogen-bond acceptors (Lipinski definition) is 7. The lowest BCUT2D eigenvalue weighted by molar-refractivity contribution is -0.384. The summed E-state index contributed by atoms with van der Waals surface area (Å²) in [6.07, 6.45) is 0. The Morgan fingerprint density at radius 3 is 2.70 bits per heavy atom. The summed E-state index contributed by atoms with van der Waals surface area (Å²) < 4.78 is 20.1. The highest BCUT2D eigenvalue weighted by molar-refractivity contribution is 9.10. The van der Waals surface area contributed by atoms with Crippen LogP contribution in [0.5, 0.6) is 0 Å². The average molecular weight is 453 g/mol. The minimum atomic E-state index is -0.769. The van der Waals surface area contributed by atoms with Crippen LogP contribution < -0.4 is 5.32 Å². The van der Waals surface area contributed by atoms with E-state index in [1.165, 1.54) is 0 Å². The van der Waals surface area contributed by atoms with Gasteiger partial charge in [-0.25, -0.2) is 4.39 Å². The zero-order valence-corrected chi connectivity index (χ0v) is 15.8. The van der Waals surface area contributed by atoms with Gasteiger partial charge < -0.3 is 9.73 Å². The summed E-state index contributed by atoms with van der Waals surface area (Å²) in [6, 6.07) is 10.1. The van der Waals surface area contributed by atoms with Gasteiger partial charge in [0.1, 0.15) is 5.82 Å². The van der Waals surface area contributed by atoms with Crippen LogP contribution in [-0.4, -0.2) is 26.8 Å². The van der Waals surface area contributed by atoms with E-state index in [9.17, 15) is 19.3 Å². The summed E-state index contributed by atoms with van der Waals surface area (Å²) in [7, 11) is 0. The van der Waals surface area contributed by atoms with Crippen LogP contribution >= 0.6 is 27.7 Å². The lowest BCUT2D eigenvalue weighted by Gasteiger charge is -2.05. The van der Waals surface area contributed by atoms with Crippen molar-refractivity contribution >= 4 is 45.0 Å². The molecular formula is C16H10BrFN4O4S. The van der Waals surface area contributed by atoms with Crippen molar-refractivity contribution in [2.75, 3.05) is 11.1 Å². The molecule has 0 fully saturated rings. The monoisotopic (exact) mass is 452 g/mol. The van der Waals surface area contributed by atoms with Gasteiger partial charge in [-0.15, -0.1) is 10.2 Å². The predicted molar refractivity (Wildman–Crippen MR) is 99.8 cm³/mol. The van der Waals surface area contributed by atoms with Gasteiger partial charge >= 0.3 is 0 Å². The molecule has 1 amide bonds. The summed E-state index contributed by atoms with van der Waals surface area (Å²) in [6.45, 7) is 0. The van der Waals surface area contributed by atoms with Gasteiger partial charge in [-0.2, -0.15) is 0 Å². The number of amides is 1. The fourth-order valence-corrected chi connectivity index (χ4v) is 2.84. The third-order valence-corrected chi connectivity index (χ3v) is 4.61. The van der Waals surface area contributed by atoms with E-state index in [1.54, 1.807) is 12.1 Å². The van der Waals surface area contributed by atoms with Crippen LogP contribution in [0.3, 0.4) is 0 Å². The maximum Gasteiger partial charge on any atom is 0.277 e. The number of halogens is 2. The molecule has 138 valence electrons. The quantitative estimate of drug-likeness (QED) is 0.337. The molecule has 0 aliphatic heterocycles. The van der Waals surface area contributed by atoms with Crippen LogP contribution in [0.15, 0.2) is 56.6 Å². The molecule has 1 heterocycles. The van der Waals surface area contributed by atoms with Gasteiger partial charge in [-0.1, -0.05) is 27.7 Å². The largest absolute Gasteiger partial charge is 0.411 e. The Kier molecular flexibility index (Phi) is 5.81. The van der Waals surface area contributed by atoms with E-state index in [2.05, 4.69) is 31.4 Å². The molecule has 8 nitrogen and oxygen atoms in total. The summed E-state index contributed by atoms with van der Waals surface area (Å²) in [5, 5.41) is 20.9. The molecule has 0 aliphatic carbocycles. The first-order valence-electron chi connectivity index (χ1n) is 7.38. The standard InChI is InChI=1S/C16H10BrFN4O4S/c17-10-3-1-9(2-4-10)15-20-21-16(26-15)27-8-14(23)19-13-7-11(22(24)25)5-6-12(13)18/h1-7H,8H2,(H,19,23). The van der Waals surface area contributed by atoms with Gasteiger partial charge in [-0.3, -0.25) is 14.9 Å². The Bertz CT molecular complexity index is 996. The number of carbonyl (C=O) groups is 1. The van der Waals surface area contributed by atoms with Gasteiger partial charge in [0, 0.05) is 22.2 Å². The second-order valence-electron chi connectivity index (χ2n) is 5.14. The van der Waals surface area contributed by atoms with Crippen molar-refractivity contribution in [2.24, 2.45) is 0 Å². The molecule has 0 radical (unpaired) electrons. The first-order chi connectivity index (χ1) is 12.9. The summed E-state index contributed by atoms with van der Waals surface area (Å²) >= 11 is 4.29. The summed E-state index contributed by atoms with van der Waals surface area (Å²) in [4.78, 5) is 22.0. The van der Waals surface area contributed by atoms with Crippen LogP contribution in [0.4, 0.5) is 15.8 Å². The molecule has 1 N–H and O–H groups in total. The van der Waals surface area contributed by atoms with E-state index >= 15 is 0 Å². The maximum absolute atomic E-state index is 13.7. The zero-order valence-electron chi connectivity index (χ0n) is 13.4. The first-order valence-corrected chi connectivity index (χ1v) is 9.16. The predicted octanol–water partition coefficient (Wildman–Crippen LogP) is 4.28. The number of nitrogens with zero attached hydrogens (tertiary/aromatic N) is 3. The van der Waals surface area contributed by atoms with E-state index in [1.807, 2.05) is 12.1 Å². The molecule has 0 saturated heterocycles. The number of non-ortho nitro benzene ring substituents is 1. The number of aromatic nitrogens is 2. The minimum Gasteiger partial charge on any atom is -0.411 e. The van der Waals surface area contributed by atoms with Crippen molar-refractivity contribution in [1.82, 2.24) is 10.2 Å². The lowest BCUT2D eigenvalue weighted by atomic mass is 10.2. The molecule has 3 aromatic rings. The highest BCUT2D eigenvalue weighted by Crippen LogP contribution is 2.25. The van der Waals surface area contributed by atoms with Crippen molar-refractivity contribution in [3.63, 3.8) is 0 Å². The Balaban J connectivity index is 1.61. The topological polar surface area (TPSA) is 111 Å². The second kappa shape index (κ2) is 8.27. The molecule has 27 heavy (non-hydrogen) atoms. The van der Waals surface area contributed by atoms with Crippen LogP contribution in [-0.2, 0) is 4.79 Å². The number of nitro benzene ring substituents is 1.